The van der Waals surface area contributed by atoms with Gasteiger partial charge in [-0.3, -0.25) is 4.79 Å². The third-order valence-corrected chi connectivity index (χ3v) is 4.01. The highest BCUT2D eigenvalue weighted by Crippen LogP contribution is 2.11. The minimum atomic E-state index is -0.497. The third-order valence-electron chi connectivity index (χ3n) is 3.11. The molecule has 2 rings (SSSR count). The van der Waals surface area contributed by atoms with Crippen LogP contribution in [0, 0.1) is 0 Å². The minimum absolute atomic E-state index is 0. The van der Waals surface area contributed by atoms with Crippen molar-refractivity contribution in [1.82, 2.24) is 5.32 Å². The van der Waals surface area contributed by atoms with Crippen LogP contribution in [0.15, 0.2) is 47.8 Å². The summed E-state index contributed by atoms with van der Waals surface area (Å²) in [6.45, 7) is 2.01. The number of nitrogens with one attached hydrogen (secondary N) is 1. The maximum Gasteiger partial charge on any atom is 0.237 e. The summed E-state index contributed by atoms with van der Waals surface area (Å²) < 4.78 is 0. The van der Waals surface area contributed by atoms with Crippen LogP contribution in [-0.4, -0.2) is 18.0 Å². The summed E-state index contributed by atoms with van der Waals surface area (Å²) in [5.41, 5.74) is 7.05. The molecule has 0 aliphatic heterocycles. The molecule has 1 unspecified atom stereocenters. The number of halogens is 1. The highest BCUT2D eigenvalue weighted by Gasteiger charge is 2.16. The SMILES string of the molecule is CC(Cc1cccs1)NC(=O)[C@@H](N)Cc1ccccc1.Cl. The van der Waals surface area contributed by atoms with E-state index < -0.39 is 6.04 Å². The van der Waals surface area contributed by atoms with Crippen molar-refractivity contribution in [3.8, 4) is 0 Å². The van der Waals surface area contributed by atoms with E-state index in [-0.39, 0.29) is 24.4 Å². The van der Waals surface area contributed by atoms with Crippen LogP contribution < -0.4 is 11.1 Å². The quantitative estimate of drug-likeness (QED) is 0.858. The molecule has 3 N–H and O–H groups in total. The standard InChI is InChI=1S/C16H20N2OS.ClH/c1-12(10-14-8-5-9-20-14)18-16(19)15(17)11-13-6-3-2-4-7-13;/h2-9,12,15H,10-11,17H2,1H3,(H,18,19);1H/t12?,15-;/m0./s1. The van der Waals surface area contributed by atoms with Crippen molar-refractivity contribution in [1.29, 1.82) is 0 Å². The van der Waals surface area contributed by atoms with Gasteiger partial charge in [-0.15, -0.1) is 23.7 Å². The van der Waals surface area contributed by atoms with Crippen molar-refractivity contribution in [2.45, 2.75) is 31.8 Å². The molecule has 0 bridgehead atoms. The topological polar surface area (TPSA) is 55.1 Å². The molecule has 0 radical (unpaired) electrons. The molecule has 2 atom stereocenters. The van der Waals surface area contributed by atoms with E-state index in [1.54, 1.807) is 11.3 Å². The van der Waals surface area contributed by atoms with Gasteiger partial charge in [-0.25, -0.2) is 0 Å². The van der Waals surface area contributed by atoms with Crippen LogP contribution in [0.4, 0.5) is 0 Å². The first-order chi connectivity index (χ1) is 9.65. The van der Waals surface area contributed by atoms with Crippen LogP contribution in [0.3, 0.4) is 0 Å². The van der Waals surface area contributed by atoms with Gasteiger partial charge in [0, 0.05) is 17.3 Å². The predicted molar refractivity (Wildman–Crippen MR) is 91.0 cm³/mol. The highest BCUT2D eigenvalue weighted by atomic mass is 35.5. The number of benzene rings is 1. The molecular weight excluding hydrogens is 304 g/mol. The summed E-state index contributed by atoms with van der Waals surface area (Å²) in [6, 6.07) is 13.6. The second kappa shape index (κ2) is 8.82. The first-order valence-electron chi connectivity index (χ1n) is 6.77. The number of hydrogen-bond acceptors (Lipinski definition) is 3. The van der Waals surface area contributed by atoms with E-state index in [4.69, 9.17) is 5.73 Å². The fourth-order valence-corrected chi connectivity index (χ4v) is 2.93. The normalized spacial score (nSPS) is 13.0. The molecule has 0 saturated heterocycles. The Morgan fingerprint density at radius 3 is 2.52 bits per heavy atom. The fourth-order valence-electron chi connectivity index (χ4n) is 2.09. The Balaban J connectivity index is 0.00000220. The summed E-state index contributed by atoms with van der Waals surface area (Å²) in [7, 11) is 0. The lowest BCUT2D eigenvalue weighted by atomic mass is 10.1. The van der Waals surface area contributed by atoms with Gasteiger partial charge in [0.2, 0.25) is 5.91 Å². The number of amides is 1. The van der Waals surface area contributed by atoms with Crippen molar-refractivity contribution in [2.75, 3.05) is 0 Å². The highest BCUT2D eigenvalue weighted by molar-refractivity contribution is 7.09. The molecule has 5 heteroatoms. The van der Waals surface area contributed by atoms with E-state index in [0.717, 1.165) is 12.0 Å². The Bertz CT molecular complexity index is 530. The molecule has 2 aromatic rings. The van der Waals surface area contributed by atoms with Gasteiger partial charge < -0.3 is 11.1 Å². The first-order valence-corrected chi connectivity index (χ1v) is 7.65. The Hall–Kier alpha value is -1.36. The molecular formula is C16H21ClN2OS. The van der Waals surface area contributed by atoms with Crippen LogP contribution in [0.25, 0.3) is 0 Å². The lowest BCUT2D eigenvalue weighted by Gasteiger charge is -2.17. The van der Waals surface area contributed by atoms with E-state index in [0.29, 0.717) is 6.42 Å². The summed E-state index contributed by atoms with van der Waals surface area (Å²) >= 11 is 1.71. The third kappa shape index (κ3) is 5.87. The zero-order valence-corrected chi connectivity index (χ0v) is 13.6. The van der Waals surface area contributed by atoms with Crippen LogP contribution >= 0.6 is 23.7 Å². The van der Waals surface area contributed by atoms with E-state index in [1.807, 2.05) is 48.7 Å². The molecule has 114 valence electrons. The summed E-state index contributed by atoms with van der Waals surface area (Å²) in [4.78, 5) is 13.3. The second-order valence-corrected chi connectivity index (χ2v) is 6.02. The molecule has 1 heterocycles. The summed E-state index contributed by atoms with van der Waals surface area (Å²) in [6.07, 6.45) is 1.42. The van der Waals surface area contributed by atoms with Crippen molar-refractivity contribution in [2.24, 2.45) is 5.73 Å². The first kappa shape index (κ1) is 17.7. The van der Waals surface area contributed by atoms with Crippen molar-refractivity contribution in [3.63, 3.8) is 0 Å². The Kier molecular flexibility index (Phi) is 7.43. The van der Waals surface area contributed by atoms with Gasteiger partial charge in [0.15, 0.2) is 0 Å². The largest absolute Gasteiger partial charge is 0.352 e. The van der Waals surface area contributed by atoms with E-state index >= 15 is 0 Å². The second-order valence-electron chi connectivity index (χ2n) is 4.99. The van der Waals surface area contributed by atoms with Gasteiger partial charge in [-0.1, -0.05) is 36.4 Å². The van der Waals surface area contributed by atoms with Gasteiger partial charge in [-0.2, -0.15) is 0 Å². The zero-order chi connectivity index (χ0) is 14.4. The van der Waals surface area contributed by atoms with Gasteiger partial charge >= 0.3 is 0 Å². The van der Waals surface area contributed by atoms with Crippen molar-refractivity contribution < 1.29 is 4.79 Å². The van der Waals surface area contributed by atoms with Crippen LogP contribution in [-0.2, 0) is 17.6 Å². The van der Waals surface area contributed by atoms with Gasteiger partial charge in [0.05, 0.1) is 6.04 Å². The molecule has 1 aromatic carbocycles. The summed E-state index contributed by atoms with van der Waals surface area (Å²) in [5, 5.41) is 5.03. The molecule has 0 spiro atoms. The molecule has 0 aliphatic rings. The number of rotatable bonds is 6. The lowest BCUT2D eigenvalue weighted by molar-refractivity contribution is -0.122. The smallest absolute Gasteiger partial charge is 0.237 e. The average Bonchev–Trinajstić information content (AvgIpc) is 2.92. The molecule has 0 aliphatic carbocycles. The monoisotopic (exact) mass is 324 g/mol. The number of carbonyl (C=O) groups is 1. The number of thiophene rings is 1. The van der Waals surface area contributed by atoms with Crippen LogP contribution in [0.2, 0.25) is 0 Å². The molecule has 1 aromatic heterocycles. The number of hydrogen-bond donors (Lipinski definition) is 2. The van der Waals surface area contributed by atoms with E-state index in [2.05, 4.69) is 11.4 Å². The van der Waals surface area contributed by atoms with E-state index in [9.17, 15) is 4.79 Å². The van der Waals surface area contributed by atoms with Crippen molar-refractivity contribution >= 4 is 29.7 Å². The number of carbonyl (C=O) groups excluding carboxylic acids is 1. The van der Waals surface area contributed by atoms with Gasteiger partial charge in [0.1, 0.15) is 0 Å². The maximum atomic E-state index is 12.1. The maximum absolute atomic E-state index is 12.1. The summed E-state index contributed by atoms with van der Waals surface area (Å²) in [5.74, 6) is -0.0853. The van der Waals surface area contributed by atoms with Crippen molar-refractivity contribution in [3.05, 3.63) is 58.3 Å². The Morgan fingerprint density at radius 2 is 1.90 bits per heavy atom. The Labute approximate surface area is 136 Å². The average molecular weight is 325 g/mol. The molecule has 21 heavy (non-hydrogen) atoms. The van der Waals surface area contributed by atoms with Crippen LogP contribution in [0.5, 0.6) is 0 Å². The van der Waals surface area contributed by atoms with Gasteiger partial charge in [0.25, 0.3) is 0 Å². The van der Waals surface area contributed by atoms with E-state index in [1.165, 1.54) is 4.88 Å². The van der Waals surface area contributed by atoms with Crippen LogP contribution in [0.1, 0.15) is 17.4 Å². The lowest BCUT2D eigenvalue weighted by Crippen LogP contribution is -2.46. The molecule has 1 amide bonds. The Morgan fingerprint density at radius 1 is 1.19 bits per heavy atom. The fraction of sp³-hybridized carbons (Fsp3) is 0.312. The minimum Gasteiger partial charge on any atom is -0.352 e. The van der Waals surface area contributed by atoms with Gasteiger partial charge in [-0.05, 0) is 30.4 Å². The molecule has 0 saturated carbocycles. The predicted octanol–water partition coefficient (Wildman–Crippen LogP) is 2.79. The molecule has 0 fully saturated rings. The zero-order valence-electron chi connectivity index (χ0n) is 12.0. The molecule has 3 nitrogen and oxygen atoms in total. The number of nitrogens with two attached hydrogens (primary N) is 1.